The quantitative estimate of drug-likeness (QED) is 0.877. The van der Waals surface area contributed by atoms with Crippen LogP contribution in [0.4, 0.5) is 10.8 Å². The van der Waals surface area contributed by atoms with Gasteiger partial charge in [0.2, 0.25) is 0 Å². The third-order valence-electron chi connectivity index (χ3n) is 2.76. The highest BCUT2D eigenvalue weighted by Crippen LogP contribution is 2.26. The number of hydrogen-bond donors (Lipinski definition) is 2. The Morgan fingerprint density at radius 2 is 2.00 bits per heavy atom. The molecule has 0 aliphatic carbocycles. The van der Waals surface area contributed by atoms with Gasteiger partial charge in [0.1, 0.15) is 0 Å². The van der Waals surface area contributed by atoms with E-state index in [1.165, 1.54) is 16.9 Å². The van der Waals surface area contributed by atoms with Crippen molar-refractivity contribution in [3.63, 3.8) is 0 Å². The molecule has 0 spiro atoms. The van der Waals surface area contributed by atoms with Gasteiger partial charge in [-0.2, -0.15) is 0 Å². The molecule has 0 saturated carbocycles. The summed E-state index contributed by atoms with van der Waals surface area (Å²) in [7, 11) is 0. The van der Waals surface area contributed by atoms with Crippen LogP contribution in [0, 0.1) is 13.8 Å². The van der Waals surface area contributed by atoms with Gasteiger partial charge < -0.3 is 10.4 Å². The minimum Gasteiger partial charge on any atom is -0.481 e. The number of aliphatic carboxylic acids is 1. The molecule has 4 nitrogen and oxygen atoms in total. The molecule has 1 heterocycles. The number of aryl methyl sites for hydroxylation is 3. The van der Waals surface area contributed by atoms with E-state index in [9.17, 15) is 4.79 Å². The minimum atomic E-state index is -0.777. The Morgan fingerprint density at radius 3 is 2.63 bits per heavy atom. The van der Waals surface area contributed by atoms with E-state index in [0.717, 1.165) is 21.4 Å². The van der Waals surface area contributed by atoms with Crippen LogP contribution < -0.4 is 5.32 Å². The zero-order valence-corrected chi connectivity index (χ0v) is 11.8. The maximum atomic E-state index is 10.6. The fraction of sp³-hybridized carbons (Fsp3) is 0.286. The molecule has 0 amide bonds. The maximum Gasteiger partial charge on any atom is 0.303 e. The predicted octanol–water partition coefficient (Wildman–Crippen LogP) is 3.52. The van der Waals surface area contributed by atoms with Gasteiger partial charge in [0, 0.05) is 10.6 Å². The van der Waals surface area contributed by atoms with E-state index in [1.54, 1.807) is 0 Å². The molecule has 0 radical (unpaired) electrons. The second kappa shape index (κ2) is 5.84. The fourth-order valence-electron chi connectivity index (χ4n) is 1.69. The molecule has 0 aliphatic rings. The van der Waals surface area contributed by atoms with E-state index in [1.807, 2.05) is 38.1 Å². The number of benzene rings is 1. The van der Waals surface area contributed by atoms with Gasteiger partial charge in [-0.15, -0.1) is 11.3 Å². The maximum absolute atomic E-state index is 10.6. The van der Waals surface area contributed by atoms with Crippen molar-refractivity contribution >= 4 is 28.1 Å². The molecule has 0 atom stereocenters. The van der Waals surface area contributed by atoms with Crippen molar-refractivity contribution in [1.29, 1.82) is 0 Å². The lowest BCUT2D eigenvalue weighted by atomic mass is 10.2. The second-order valence-electron chi connectivity index (χ2n) is 4.41. The van der Waals surface area contributed by atoms with Crippen molar-refractivity contribution in [2.24, 2.45) is 0 Å². The number of anilines is 2. The summed E-state index contributed by atoms with van der Waals surface area (Å²) < 4.78 is 0. The molecule has 2 aromatic rings. The fourth-order valence-corrected chi connectivity index (χ4v) is 2.68. The summed E-state index contributed by atoms with van der Waals surface area (Å²) in [6, 6.07) is 8.08. The molecular formula is C14H16N2O2S. The first-order valence-electron chi connectivity index (χ1n) is 6.06. The van der Waals surface area contributed by atoms with Gasteiger partial charge in [0.25, 0.3) is 0 Å². The monoisotopic (exact) mass is 276 g/mol. The summed E-state index contributed by atoms with van der Waals surface area (Å²) in [4.78, 5) is 16.0. The first kappa shape index (κ1) is 13.5. The van der Waals surface area contributed by atoms with Gasteiger partial charge in [0.15, 0.2) is 5.13 Å². The number of carboxylic acids is 1. The number of hydrogen-bond acceptors (Lipinski definition) is 4. The number of rotatable bonds is 5. The van der Waals surface area contributed by atoms with Gasteiger partial charge in [-0.1, -0.05) is 17.7 Å². The van der Waals surface area contributed by atoms with Crippen LogP contribution in [0.5, 0.6) is 0 Å². The van der Waals surface area contributed by atoms with Gasteiger partial charge >= 0.3 is 5.97 Å². The zero-order valence-electron chi connectivity index (χ0n) is 10.9. The Kier molecular flexibility index (Phi) is 4.16. The number of thiazole rings is 1. The summed E-state index contributed by atoms with van der Waals surface area (Å²) in [6.45, 7) is 3.95. The Hall–Kier alpha value is -1.88. The Morgan fingerprint density at radius 1 is 1.32 bits per heavy atom. The molecule has 2 N–H and O–H groups in total. The summed E-state index contributed by atoms with van der Waals surface area (Å²) in [5.41, 5.74) is 3.10. The van der Waals surface area contributed by atoms with Crippen molar-refractivity contribution in [2.45, 2.75) is 26.7 Å². The normalized spacial score (nSPS) is 10.4. The molecule has 1 aromatic heterocycles. The summed E-state index contributed by atoms with van der Waals surface area (Å²) in [5, 5.41) is 12.7. The molecule has 19 heavy (non-hydrogen) atoms. The molecule has 0 unspecified atom stereocenters. The van der Waals surface area contributed by atoms with Gasteiger partial charge in [-0.3, -0.25) is 4.79 Å². The lowest BCUT2D eigenvalue weighted by molar-refractivity contribution is -0.136. The number of carbonyl (C=O) groups is 1. The van der Waals surface area contributed by atoms with E-state index in [2.05, 4.69) is 10.3 Å². The SMILES string of the molecule is Cc1ccc(Nc2nc(C)c(CCC(=O)O)s2)cc1. The molecule has 0 bridgehead atoms. The average Bonchev–Trinajstić information content (AvgIpc) is 2.70. The Balaban J connectivity index is 2.07. The average molecular weight is 276 g/mol. The molecular weight excluding hydrogens is 260 g/mol. The molecule has 100 valence electrons. The standard InChI is InChI=1S/C14H16N2O2S/c1-9-3-5-11(6-4-9)16-14-15-10(2)12(19-14)7-8-13(17)18/h3-6H,7-8H2,1-2H3,(H,15,16)(H,17,18). The Labute approximate surface area is 116 Å². The van der Waals surface area contributed by atoms with Crippen molar-refractivity contribution in [1.82, 2.24) is 4.98 Å². The topological polar surface area (TPSA) is 62.2 Å². The summed E-state index contributed by atoms with van der Waals surface area (Å²) >= 11 is 1.51. The van der Waals surface area contributed by atoms with Crippen LogP contribution in [0.3, 0.4) is 0 Å². The van der Waals surface area contributed by atoms with Crippen molar-refractivity contribution in [3.05, 3.63) is 40.4 Å². The number of carboxylic acid groups (broad SMARTS) is 1. The largest absolute Gasteiger partial charge is 0.481 e. The minimum absolute atomic E-state index is 0.146. The first-order valence-corrected chi connectivity index (χ1v) is 6.88. The molecule has 1 aromatic carbocycles. The second-order valence-corrected chi connectivity index (χ2v) is 5.50. The van der Waals surface area contributed by atoms with Crippen molar-refractivity contribution in [3.8, 4) is 0 Å². The number of nitrogens with one attached hydrogen (secondary N) is 1. The van der Waals surface area contributed by atoms with Gasteiger partial charge in [0.05, 0.1) is 12.1 Å². The highest BCUT2D eigenvalue weighted by atomic mass is 32.1. The van der Waals surface area contributed by atoms with Crippen molar-refractivity contribution in [2.75, 3.05) is 5.32 Å². The smallest absolute Gasteiger partial charge is 0.303 e. The molecule has 5 heteroatoms. The highest BCUT2D eigenvalue weighted by molar-refractivity contribution is 7.15. The number of aromatic nitrogens is 1. The van der Waals surface area contributed by atoms with E-state index < -0.39 is 5.97 Å². The predicted molar refractivity (Wildman–Crippen MR) is 77.3 cm³/mol. The van der Waals surface area contributed by atoms with Gasteiger partial charge in [-0.05, 0) is 32.4 Å². The number of nitrogens with zero attached hydrogens (tertiary/aromatic N) is 1. The third-order valence-corrected chi connectivity index (χ3v) is 3.89. The lowest BCUT2D eigenvalue weighted by Gasteiger charge is -2.02. The molecule has 0 aliphatic heterocycles. The van der Waals surface area contributed by atoms with E-state index in [-0.39, 0.29) is 6.42 Å². The molecule has 0 fully saturated rings. The lowest BCUT2D eigenvalue weighted by Crippen LogP contribution is -1.96. The molecule has 0 saturated heterocycles. The Bertz CT molecular complexity index is 576. The summed E-state index contributed by atoms with van der Waals surface area (Å²) in [5.74, 6) is -0.777. The summed E-state index contributed by atoms with van der Waals surface area (Å²) in [6.07, 6.45) is 0.682. The van der Waals surface area contributed by atoms with E-state index in [4.69, 9.17) is 5.11 Å². The van der Waals surface area contributed by atoms with Crippen LogP contribution in [-0.2, 0) is 11.2 Å². The molecule has 2 rings (SSSR count). The van der Waals surface area contributed by atoms with Crippen LogP contribution >= 0.6 is 11.3 Å². The van der Waals surface area contributed by atoms with Crippen LogP contribution in [-0.4, -0.2) is 16.1 Å². The van der Waals surface area contributed by atoms with Crippen LogP contribution in [0.1, 0.15) is 22.6 Å². The van der Waals surface area contributed by atoms with Gasteiger partial charge in [-0.25, -0.2) is 4.98 Å². The third kappa shape index (κ3) is 3.79. The van der Waals surface area contributed by atoms with Crippen LogP contribution in [0.15, 0.2) is 24.3 Å². The zero-order chi connectivity index (χ0) is 13.8. The van der Waals surface area contributed by atoms with E-state index >= 15 is 0 Å². The first-order chi connectivity index (χ1) is 9.04. The van der Waals surface area contributed by atoms with Crippen LogP contribution in [0.25, 0.3) is 0 Å². The van der Waals surface area contributed by atoms with Crippen LogP contribution in [0.2, 0.25) is 0 Å². The van der Waals surface area contributed by atoms with E-state index in [0.29, 0.717) is 6.42 Å². The van der Waals surface area contributed by atoms with Crippen molar-refractivity contribution < 1.29 is 9.90 Å². The highest BCUT2D eigenvalue weighted by Gasteiger charge is 2.09.